The van der Waals surface area contributed by atoms with Crippen LogP contribution in [-0.4, -0.2) is 37.7 Å². The van der Waals surface area contributed by atoms with Gasteiger partial charge >= 0.3 is 0 Å². The van der Waals surface area contributed by atoms with Gasteiger partial charge in [0.2, 0.25) is 5.91 Å². The van der Waals surface area contributed by atoms with Gasteiger partial charge in [0.1, 0.15) is 0 Å². The third-order valence-corrected chi connectivity index (χ3v) is 1.93. The maximum atomic E-state index is 11.4. The molecule has 0 fully saturated rings. The van der Waals surface area contributed by atoms with Gasteiger partial charge in [0, 0.05) is 31.7 Å². The van der Waals surface area contributed by atoms with Crippen LogP contribution in [0.3, 0.4) is 0 Å². The lowest BCUT2D eigenvalue weighted by Crippen LogP contribution is -2.41. The molecule has 4 heteroatoms. The monoisotopic (exact) mass is 216 g/mol. The van der Waals surface area contributed by atoms with Gasteiger partial charge in [-0.2, -0.15) is 0 Å². The largest absolute Gasteiger partial charge is 0.383 e. The maximum absolute atomic E-state index is 11.4. The summed E-state index contributed by atoms with van der Waals surface area (Å²) in [6.45, 7) is 8.63. The second kappa shape index (κ2) is 7.65. The Morgan fingerprint density at radius 3 is 2.27 bits per heavy atom. The van der Waals surface area contributed by atoms with E-state index in [1.165, 1.54) is 0 Å². The zero-order valence-electron chi connectivity index (χ0n) is 10.5. The summed E-state index contributed by atoms with van der Waals surface area (Å²) in [6.07, 6.45) is 0.506. The molecule has 0 aromatic heterocycles. The van der Waals surface area contributed by atoms with Crippen molar-refractivity contribution in [3.8, 4) is 0 Å². The first-order chi connectivity index (χ1) is 6.95. The van der Waals surface area contributed by atoms with E-state index in [9.17, 15) is 4.79 Å². The highest BCUT2D eigenvalue weighted by Gasteiger charge is 2.11. The van der Waals surface area contributed by atoms with Crippen molar-refractivity contribution in [1.82, 2.24) is 10.6 Å². The van der Waals surface area contributed by atoms with Crippen LogP contribution in [0, 0.1) is 0 Å². The highest BCUT2D eigenvalue weighted by Crippen LogP contribution is 1.95. The Morgan fingerprint density at radius 1 is 1.20 bits per heavy atom. The second-order valence-corrected chi connectivity index (χ2v) is 4.35. The van der Waals surface area contributed by atoms with Crippen LogP contribution in [0.4, 0.5) is 0 Å². The molecule has 0 heterocycles. The standard InChI is InChI=1S/C11H24N2O2/c1-8(2)12-11(14)6-9(3)13-10(4)7-15-5/h8-10,13H,6-7H2,1-5H3,(H,12,14). The molecule has 4 nitrogen and oxygen atoms in total. The number of ether oxygens (including phenoxy) is 1. The number of methoxy groups -OCH3 is 1. The van der Waals surface area contributed by atoms with Gasteiger partial charge in [-0.15, -0.1) is 0 Å². The van der Waals surface area contributed by atoms with Gasteiger partial charge in [0.25, 0.3) is 0 Å². The number of carbonyl (C=O) groups is 1. The van der Waals surface area contributed by atoms with Gasteiger partial charge in [0.05, 0.1) is 6.61 Å². The lowest BCUT2D eigenvalue weighted by molar-refractivity contribution is -0.122. The van der Waals surface area contributed by atoms with Gasteiger partial charge in [-0.25, -0.2) is 0 Å². The average Bonchev–Trinajstić information content (AvgIpc) is 2.00. The normalized spacial score (nSPS) is 15.1. The quantitative estimate of drug-likeness (QED) is 0.665. The molecule has 0 aromatic carbocycles. The summed E-state index contributed by atoms with van der Waals surface area (Å²) in [4.78, 5) is 11.4. The zero-order chi connectivity index (χ0) is 11.8. The Bertz CT molecular complexity index is 183. The summed E-state index contributed by atoms with van der Waals surface area (Å²) >= 11 is 0. The van der Waals surface area contributed by atoms with Crippen LogP contribution in [-0.2, 0) is 9.53 Å². The Kier molecular flexibility index (Phi) is 7.34. The Labute approximate surface area is 92.8 Å². The zero-order valence-corrected chi connectivity index (χ0v) is 10.5. The van der Waals surface area contributed by atoms with Crippen LogP contribution < -0.4 is 10.6 Å². The number of nitrogens with one attached hydrogen (secondary N) is 2. The molecule has 0 aromatic rings. The van der Waals surface area contributed by atoms with Crippen LogP contribution >= 0.6 is 0 Å². The van der Waals surface area contributed by atoms with Gasteiger partial charge in [-0.1, -0.05) is 0 Å². The molecule has 0 spiro atoms. The maximum Gasteiger partial charge on any atom is 0.221 e. The molecule has 0 rings (SSSR count). The third-order valence-electron chi connectivity index (χ3n) is 1.93. The highest BCUT2D eigenvalue weighted by atomic mass is 16.5. The number of amides is 1. The lowest BCUT2D eigenvalue weighted by Gasteiger charge is -2.19. The van der Waals surface area contributed by atoms with Gasteiger partial charge < -0.3 is 15.4 Å². The van der Waals surface area contributed by atoms with Crippen LogP contribution in [0.2, 0.25) is 0 Å². The molecule has 0 radical (unpaired) electrons. The topological polar surface area (TPSA) is 50.4 Å². The van der Waals surface area contributed by atoms with Crippen molar-refractivity contribution in [2.24, 2.45) is 0 Å². The lowest BCUT2D eigenvalue weighted by atomic mass is 10.2. The third kappa shape index (κ3) is 8.39. The van der Waals surface area contributed by atoms with Crippen molar-refractivity contribution in [2.75, 3.05) is 13.7 Å². The SMILES string of the molecule is COCC(C)NC(C)CC(=O)NC(C)C. The summed E-state index contributed by atoms with van der Waals surface area (Å²) in [5, 5.41) is 6.17. The van der Waals surface area contributed by atoms with Crippen molar-refractivity contribution in [3.63, 3.8) is 0 Å². The predicted molar refractivity (Wildman–Crippen MR) is 61.8 cm³/mol. The summed E-state index contributed by atoms with van der Waals surface area (Å²) < 4.78 is 5.01. The van der Waals surface area contributed by atoms with Crippen LogP contribution in [0.5, 0.6) is 0 Å². The fourth-order valence-corrected chi connectivity index (χ4v) is 1.50. The van der Waals surface area contributed by atoms with E-state index in [0.717, 1.165) is 0 Å². The van der Waals surface area contributed by atoms with Crippen LogP contribution in [0.15, 0.2) is 0 Å². The molecule has 0 saturated heterocycles. The highest BCUT2D eigenvalue weighted by molar-refractivity contribution is 5.76. The van der Waals surface area contributed by atoms with Crippen molar-refractivity contribution < 1.29 is 9.53 Å². The van der Waals surface area contributed by atoms with Gasteiger partial charge in [-0.05, 0) is 27.7 Å². The number of rotatable bonds is 7. The minimum Gasteiger partial charge on any atom is -0.383 e. The van der Waals surface area contributed by atoms with E-state index in [-0.39, 0.29) is 24.0 Å². The van der Waals surface area contributed by atoms with Crippen LogP contribution in [0.25, 0.3) is 0 Å². The van der Waals surface area contributed by atoms with Crippen molar-refractivity contribution in [2.45, 2.75) is 52.2 Å². The minimum absolute atomic E-state index is 0.0922. The molecule has 2 atom stereocenters. The molecule has 2 N–H and O–H groups in total. The first-order valence-corrected chi connectivity index (χ1v) is 5.50. The van der Waals surface area contributed by atoms with E-state index in [2.05, 4.69) is 10.6 Å². The number of hydrogen-bond acceptors (Lipinski definition) is 3. The molecule has 0 saturated carbocycles. The molecule has 0 bridgehead atoms. The Morgan fingerprint density at radius 2 is 1.80 bits per heavy atom. The molecule has 0 aliphatic carbocycles. The number of hydrogen-bond donors (Lipinski definition) is 2. The van der Waals surface area contributed by atoms with Crippen molar-refractivity contribution in [3.05, 3.63) is 0 Å². The fourth-order valence-electron chi connectivity index (χ4n) is 1.50. The smallest absolute Gasteiger partial charge is 0.221 e. The van der Waals surface area contributed by atoms with E-state index in [4.69, 9.17) is 4.74 Å². The molecular weight excluding hydrogens is 192 g/mol. The van der Waals surface area contributed by atoms with Gasteiger partial charge in [0.15, 0.2) is 0 Å². The molecule has 0 aliphatic heterocycles. The van der Waals surface area contributed by atoms with E-state index in [0.29, 0.717) is 13.0 Å². The molecular formula is C11H24N2O2. The molecule has 2 unspecified atom stereocenters. The Hall–Kier alpha value is -0.610. The van der Waals surface area contributed by atoms with Gasteiger partial charge in [-0.3, -0.25) is 4.79 Å². The molecule has 90 valence electrons. The summed E-state index contributed by atoms with van der Waals surface area (Å²) in [5.74, 6) is 0.0922. The molecule has 15 heavy (non-hydrogen) atoms. The van der Waals surface area contributed by atoms with E-state index in [1.54, 1.807) is 7.11 Å². The molecule has 1 amide bonds. The predicted octanol–water partition coefficient (Wildman–Crippen LogP) is 0.914. The average molecular weight is 216 g/mol. The first-order valence-electron chi connectivity index (χ1n) is 5.50. The summed E-state index contributed by atoms with van der Waals surface area (Å²) in [5.41, 5.74) is 0. The summed E-state index contributed by atoms with van der Waals surface area (Å²) in [7, 11) is 1.67. The summed E-state index contributed by atoms with van der Waals surface area (Å²) in [6, 6.07) is 0.659. The fraction of sp³-hybridized carbons (Fsp3) is 0.909. The first kappa shape index (κ1) is 14.4. The van der Waals surface area contributed by atoms with E-state index < -0.39 is 0 Å². The van der Waals surface area contributed by atoms with E-state index in [1.807, 2.05) is 27.7 Å². The Balaban J connectivity index is 3.72. The minimum atomic E-state index is 0.0922. The van der Waals surface area contributed by atoms with Crippen molar-refractivity contribution in [1.29, 1.82) is 0 Å². The number of carbonyl (C=O) groups excluding carboxylic acids is 1. The van der Waals surface area contributed by atoms with Crippen molar-refractivity contribution >= 4 is 5.91 Å². The molecule has 0 aliphatic rings. The van der Waals surface area contributed by atoms with E-state index >= 15 is 0 Å². The van der Waals surface area contributed by atoms with Crippen LogP contribution in [0.1, 0.15) is 34.1 Å². The second-order valence-electron chi connectivity index (χ2n) is 4.35.